The van der Waals surface area contributed by atoms with Crippen LogP contribution in [0.2, 0.25) is 0 Å². The molecule has 5 N–H and O–H groups in total. The fourth-order valence-electron chi connectivity index (χ4n) is 27.1. The van der Waals surface area contributed by atoms with Gasteiger partial charge in [0, 0.05) is 30.8 Å². The molecular weight excluding hydrogens is 1230 g/mol. The molecule has 10 saturated carbocycles. The van der Waals surface area contributed by atoms with E-state index in [1.165, 1.54) is 53.7 Å². The fraction of sp³-hybridized carbons (Fsp3) is 0.986. The molecule has 93 heavy (non-hydrogen) atoms. The van der Waals surface area contributed by atoms with Crippen molar-refractivity contribution in [1.29, 1.82) is 0 Å². The lowest BCUT2D eigenvalue weighted by molar-refractivity contribution is -0.243. The minimum Gasteiger partial charge on any atom is -0.457 e. The molecule has 4 heterocycles. The molecule has 0 aromatic rings. The second-order valence-corrected chi connectivity index (χ2v) is 40.9. The van der Waals surface area contributed by atoms with Crippen LogP contribution in [-0.2, 0) is 58.0 Å². The Morgan fingerprint density at radius 2 is 0.935 bits per heavy atom. The summed E-state index contributed by atoms with van der Waals surface area (Å²) < 4.78 is 96.3. The van der Waals surface area contributed by atoms with E-state index in [2.05, 4.69) is 69.2 Å². The first-order chi connectivity index (χ1) is 42.9. The van der Waals surface area contributed by atoms with Gasteiger partial charge in [-0.25, -0.2) is 16.8 Å². The highest BCUT2D eigenvalue weighted by atomic mass is 32.2. The second-order valence-electron chi connectivity index (χ2n) is 37.0. The molecular formula is C72H120N2O17S2. The second kappa shape index (κ2) is 22.4. The van der Waals surface area contributed by atoms with Crippen LogP contribution in [0.25, 0.3) is 0 Å². The highest BCUT2D eigenvalue weighted by Crippen LogP contribution is 2.91. The zero-order valence-electron chi connectivity index (χ0n) is 59.4. The Labute approximate surface area is 557 Å². The Balaban J connectivity index is 0.000000170. The van der Waals surface area contributed by atoms with Crippen LogP contribution in [-0.4, -0.2) is 194 Å². The maximum absolute atomic E-state index is 12.5. The van der Waals surface area contributed by atoms with E-state index in [1.807, 2.05) is 0 Å². The molecule has 2 unspecified atom stereocenters. The summed E-state index contributed by atoms with van der Waals surface area (Å²) in [6, 6.07) is 0. The Bertz CT molecular complexity index is 3120. The monoisotopic (exact) mass is 1350 g/mol. The molecule has 28 atom stereocenters. The molecule has 0 bridgehead atoms. The number of carbonyl (C=O) groups is 1. The number of morpholine rings is 2. The van der Waals surface area contributed by atoms with Crippen LogP contribution >= 0.6 is 0 Å². The van der Waals surface area contributed by atoms with Gasteiger partial charge in [-0.2, -0.15) is 8.61 Å². The smallest absolute Gasteiger partial charge is 0.303 e. The molecule has 4 spiro atoms. The average molecular weight is 1350 g/mol. The summed E-state index contributed by atoms with van der Waals surface area (Å²) in [7, 11) is -6.60. The van der Waals surface area contributed by atoms with Crippen molar-refractivity contribution >= 4 is 26.0 Å². The predicted octanol–water partition coefficient (Wildman–Crippen LogP) is 8.44. The van der Waals surface area contributed by atoms with Crippen molar-refractivity contribution < 1.29 is 80.3 Å². The first-order valence-electron chi connectivity index (χ1n) is 36.3. The van der Waals surface area contributed by atoms with Crippen molar-refractivity contribution in [1.82, 2.24) is 8.61 Å². The Kier molecular flexibility index (Phi) is 16.9. The van der Waals surface area contributed by atoms with Gasteiger partial charge >= 0.3 is 5.97 Å². The van der Waals surface area contributed by atoms with Gasteiger partial charge in [-0.05, 0) is 221 Å². The summed E-state index contributed by atoms with van der Waals surface area (Å²) in [6.07, 6.45) is 13.3. The Morgan fingerprint density at radius 3 is 1.31 bits per heavy atom. The number of aliphatic hydroxyl groups is 5. The lowest BCUT2D eigenvalue weighted by Crippen LogP contribution is -2.60. The van der Waals surface area contributed by atoms with Crippen molar-refractivity contribution in [2.45, 2.75) is 291 Å². The maximum Gasteiger partial charge on any atom is 0.303 e. The molecule has 4 aliphatic heterocycles. The standard InChI is InChI=1S/C37H61NO9S.C35H59NO8S/c1-21-18-23(31(33(5,6)41)45-22(2)39)46-29-28(21)34(7)14-15-37-20-36(37)13-12-26(47-27-19-38(16-17-44-27)48(9,42)43)32(3,4)24(36)10-11-25(37)35(34,8)30(29)40;1-20-17-21(28(37)31(4,5)39)43-27-26(20)32(6)13-14-35-19-34(35)12-11-24(44-25-18-36(15-16-42-25)45(8,40)41)30(2,3)22(34)9-10-23(35)33(32,7)29(27)38/h21,23-31,40-41H,10-20H2,1-9H3;20-29,37-39H,9-19H2,1-8H3/t21-,23-,24+,25+,26+,27+,28?,29+,30+,31+,34-,35-,36-,37+;20-,21-,22+,23+,24+,25+,26?,27+,28+,29+,32-,33-,34-,35+/m11/s1. The largest absolute Gasteiger partial charge is 0.457 e. The molecule has 14 rings (SSSR count). The number of rotatable bonds is 11. The van der Waals surface area contributed by atoms with Gasteiger partial charge in [0.15, 0.2) is 18.7 Å². The van der Waals surface area contributed by atoms with Crippen LogP contribution in [0, 0.1) is 101 Å². The van der Waals surface area contributed by atoms with Crippen molar-refractivity contribution in [3.63, 3.8) is 0 Å². The van der Waals surface area contributed by atoms with Gasteiger partial charge in [-0.3, -0.25) is 4.79 Å². The number of aliphatic hydroxyl groups excluding tert-OH is 3. The molecule has 0 radical (unpaired) electrons. The third-order valence-corrected chi connectivity index (χ3v) is 34.0. The molecule has 10 aliphatic carbocycles. The first-order valence-corrected chi connectivity index (χ1v) is 40.0. The highest BCUT2D eigenvalue weighted by Gasteiger charge is 2.87. The third-order valence-electron chi connectivity index (χ3n) is 31.5. The number of nitrogens with zero attached hydrogens (tertiary/aromatic N) is 2. The molecule has 0 aromatic heterocycles. The number of hydrogen-bond acceptors (Lipinski definition) is 17. The minimum absolute atomic E-state index is 0.00426. The summed E-state index contributed by atoms with van der Waals surface area (Å²) in [5, 5.41) is 57.6. The lowest BCUT2D eigenvalue weighted by atomic mass is 9.41. The van der Waals surface area contributed by atoms with E-state index in [9.17, 15) is 47.2 Å². The van der Waals surface area contributed by atoms with Crippen molar-refractivity contribution in [2.75, 3.05) is 51.9 Å². The molecule has 14 aliphatic rings. The van der Waals surface area contributed by atoms with Crippen molar-refractivity contribution in [2.24, 2.45) is 101 Å². The maximum atomic E-state index is 12.5. The normalized spacial score (nSPS) is 51.9. The van der Waals surface area contributed by atoms with Gasteiger partial charge in [0.2, 0.25) is 20.0 Å². The van der Waals surface area contributed by atoms with Crippen LogP contribution in [0.1, 0.15) is 207 Å². The quantitative estimate of drug-likeness (QED) is 0.122. The van der Waals surface area contributed by atoms with E-state index in [0.717, 1.165) is 64.2 Å². The average Bonchev–Trinajstić information content (AvgIpc) is 1.47. The summed E-state index contributed by atoms with van der Waals surface area (Å²) >= 11 is 0. The number of ether oxygens (including phenoxy) is 7. The Hall–Kier alpha value is -1.15. The Morgan fingerprint density at radius 1 is 0.559 bits per heavy atom. The van der Waals surface area contributed by atoms with Crippen LogP contribution in [0.3, 0.4) is 0 Å². The summed E-state index contributed by atoms with van der Waals surface area (Å²) in [4.78, 5) is 12.1. The SMILES string of the molecule is CC(=O)O[C@@H]([C@H]1C[C@@H](C)C2[C@H](O1)[C@H](O)[C@@]1(C)[C@@H]3CC[C@H]4C(C)(C)[C@@H](O[C@H]5CN(S(C)(=O)=O)CCO5)CC[C@@]45C[C@@]35CC[C@]21C)C(C)(C)O.C[C@@H]1C[C@H]([C@H](O)C(C)(C)O)O[C@H]2C1[C@@]1(C)CC[C@@]34C[C@@]35CC[C@H](O[C@H]3CN(S(C)(=O)=O)CCO3)C(C)(C)[C@@H]5CC[C@H]4[C@]1(C)[C@H]2O. The van der Waals surface area contributed by atoms with Gasteiger partial charge in [0.25, 0.3) is 0 Å². The predicted molar refractivity (Wildman–Crippen MR) is 348 cm³/mol. The topological polar surface area (TPSA) is 258 Å². The molecule has 14 fully saturated rings. The van der Waals surface area contributed by atoms with Crippen molar-refractivity contribution in [3.05, 3.63) is 0 Å². The van der Waals surface area contributed by atoms with Gasteiger partial charge < -0.3 is 58.7 Å². The van der Waals surface area contributed by atoms with Gasteiger partial charge in [-0.1, -0.05) is 69.2 Å². The van der Waals surface area contributed by atoms with E-state index >= 15 is 0 Å². The van der Waals surface area contributed by atoms with Gasteiger partial charge in [-0.15, -0.1) is 0 Å². The summed E-state index contributed by atoms with van der Waals surface area (Å²) in [6.45, 7) is 33.5. The molecule has 19 nitrogen and oxygen atoms in total. The minimum atomic E-state index is -3.30. The molecule has 4 saturated heterocycles. The lowest BCUT2D eigenvalue weighted by Gasteiger charge is -2.64. The van der Waals surface area contributed by atoms with Crippen molar-refractivity contribution in [3.8, 4) is 0 Å². The van der Waals surface area contributed by atoms with E-state index in [1.54, 1.807) is 27.7 Å². The van der Waals surface area contributed by atoms with E-state index < -0.39 is 86.4 Å². The molecule has 532 valence electrons. The molecule has 0 aromatic carbocycles. The zero-order valence-corrected chi connectivity index (χ0v) is 61.1. The number of sulfonamides is 2. The van der Waals surface area contributed by atoms with E-state index in [4.69, 9.17) is 33.2 Å². The number of hydrogen-bond donors (Lipinski definition) is 5. The number of fused-ring (bicyclic) bond motifs is 8. The van der Waals surface area contributed by atoms with Crippen LogP contribution in [0.15, 0.2) is 0 Å². The van der Waals surface area contributed by atoms with E-state index in [0.29, 0.717) is 62.8 Å². The molecule has 21 heteroatoms. The van der Waals surface area contributed by atoms with Crippen LogP contribution in [0.5, 0.6) is 0 Å². The first kappa shape index (κ1) is 70.3. The van der Waals surface area contributed by atoms with Gasteiger partial charge in [0.1, 0.15) is 6.10 Å². The number of carbonyl (C=O) groups excluding carboxylic acids is 1. The highest BCUT2D eigenvalue weighted by molar-refractivity contribution is 7.88. The van der Waals surface area contributed by atoms with Crippen LogP contribution < -0.4 is 0 Å². The molecule has 0 amide bonds. The van der Waals surface area contributed by atoms with Gasteiger partial charge in [0.05, 0.1) is 98.8 Å². The summed E-state index contributed by atoms with van der Waals surface area (Å²) in [5.41, 5.74) is -2.63. The zero-order chi connectivity index (χ0) is 67.8. The summed E-state index contributed by atoms with van der Waals surface area (Å²) in [5.74, 6) is 2.25. The third kappa shape index (κ3) is 10.1. The fourth-order valence-corrected chi connectivity index (χ4v) is 28.7. The number of esters is 1. The van der Waals surface area contributed by atoms with E-state index in [-0.39, 0.29) is 115 Å². The van der Waals surface area contributed by atoms with Crippen LogP contribution in [0.4, 0.5) is 0 Å².